The lowest BCUT2D eigenvalue weighted by molar-refractivity contribution is -0.124. The molecule has 0 bridgehead atoms. The second-order valence-corrected chi connectivity index (χ2v) is 4.13. The van der Waals surface area contributed by atoms with E-state index >= 15 is 0 Å². The summed E-state index contributed by atoms with van der Waals surface area (Å²) in [6.45, 7) is 0.226. The molecule has 1 atom stereocenters. The number of carbonyl (C=O) groups is 1. The highest BCUT2D eigenvalue weighted by atomic mass is 16.5. The minimum Gasteiger partial charge on any atom is -0.493 e. The predicted octanol–water partition coefficient (Wildman–Crippen LogP) is 0.0998. The number of hydrogen-bond donors (Lipinski definition) is 2. The number of nitrogens with one attached hydrogen (secondary N) is 2. The number of aliphatic imine (C=N–C) groups is 1. The molecule has 0 aromatic heterocycles. The van der Waals surface area contributed by atoms with Crippen LogP contribution in [0.3, 0.4) is 0 Å². The first kappa shape index (κ1) is 14.1. The van der Waals surface area contributed by atoms with Crippen LogP contribution in [0.15, 0.2) is 23.2 Å². The Labute approximate surface area is 116 Å². The molecule has 0 spiro atoms. The minimum atomic E-state index is -0.565. The highest BCUT2D eigenvalue weighted by Crippen LogP contribution is 2.27. The number of benzene rings is 1. The molecule has 1 aromatic carbocycles. The van der Waals surface area contributed by atoms with Gasteiger partial charge in [0.2, 0.25) is 0 Å². The van der Waals surface area contributed by atoms with Crippen molar-refractivity contribution in [2.24, 2.45) is 4.99 Å². The summed E-state index contributed by atoms with van der Waals surface area (Å²) in [6.07, 6.45) is 0. The van der Waals surface area contributed by atoms with Gasteiger partial charge in [-0.3, -0.25) is 20.6 Å². The van der Waals surface area contributed by atoms with Gasteiger partial charge in [0.25, 0.3) is 5.91 Å². The molecule has 0 radical (unpaired) electrons. The van der Waals surface area contributed by atoms with Gasteiger partial charge < -0.3 is 14.2 Å². The molecule has 2 N–H and O–H groups in total. The topological polar surface area (TPSA) is 81.2 Å². The maximum atomic E-state index is 11.6. The molecule has 2 rings (SSSR count). The van der Waals surface area contributed by atoms with E-state index in [1.807, 2.05) is 6.07 Å². The Morgan fingerprint density at radius 3 is 2.55 bits per heavy atom. The fourth-order valence-corrected chi connectivity index (χ4v) is 1.85. The summed E-state index contributed by atoms with van der Waals surface area (Å²) in [7, 11) is 4.66. The van der Waals surface area contributed by atoms with Gasteiger partial charge >= 0.3 is 0 Å². The molecule has 1 unspecified atom stereocenters. The van der Waals surface area contributed by atoms with Gasteiger partial charge in [0, 0.05) is 12.7 Å². The summed E-state index contributed by atoms with van der Waals surface area (Å²) in [4.78, 5) is 15.9. The molecule has 1 aromatic rings. The molecule has 0 fully saturated rings. The first-order valence-corrected chi connectivity index (χ1v) is 6.04. The average Bonchev–Trinajstić information content (AvgIpc) is 2.49. The minimum absolute atomic E-state index is 0.226. The third kappa shape index (κ3) is 2.83. The van der Waals surface area contributed by atoms with E-state index in [4.69, 9.17) is 14.2 Å². The van der Waals surface area contributed by atoms with Crippen LogP contribution in [-0.2, 0) is 9.53 Å². The Bertz CT molecular complexity index is 530. The zero-order chi connectivity index (χ0) is 14.5. The Balaban J connectivity index is 2.31. The van der Waals surface area contributed by atoms with Gasteiger partial charge in [-0.05, 0) is 18.2 Å². The van der Waals surface area contributed by atoms with Gasteiger partial charge in [0.15, 0.2) is 17.5 Å². The molecule has 1 heterocycles. The maximum Gasteiger partial charge on any atom is 0.265 e. The van der Waals surface area contributed by atoms with E-state index < -0.39 is 6.04 Å². The van der Waals surface area contributed by atoms with Crippen molar-refractivity contribution < 1.29 is 19.0 Å². The van der Waals surface area contributed by atoms with Gasteiger partial charge in [-0.1, -0.05) is 0 Å². The lowest BCUT2D eigenvalue weighted by Crippen LogP contribution is -2.52. The van der Waals surface area contributed by atoms with E-state index in [1.54, 1.807) is 26.4 Å². The Kier molecular flexibility index (Phi) is 4.41. The fraction of sp³-hybridized carbons (Fsp3) is 0.385. The lowest BCUT2D eigenvalue weighted by atomic mass is 10.1. The van der Waals surface area contributed by atoms with Crippen LogP contribution in [0.5, 0.6) is 11.5 Å². The third-order valence-electron chi connectivity index (χ3n) is 2.87. The lowest BCUT2D eigenvalue weighted by Gasteiger charge is -2.22. The molecule has 7 heteroatoms. The van der Waals surface area contributed by atoms with Crippen molar-refractivity contribution in [3.8, 4) is 11.5 Å². The maximum absolute atomic E-state index is 11.6. The number of ether oxygens (including phenoxy) is 3. The van der Waals surface area contributed by atoms with Crippen LogP contribution in [-0.4, -0.2) is 45.7 Å². The van der Waals surface area contributed by atoms with Crippen molar-refractivity contribution in [2.75, 3.05) is 27.9 Å². The highest BCUT2D eigenvalue weighted by molar-refractivity contribution is 6.03. The van der Waals surface area contributed by atoms with Gasteiger partial charge in [-0.25, -0.2) is 0 Å². The SMILES string of the molecule is COCC1N=C(c2ccc(OC)c(OC)c2)NNC1=O. The largest absolute Gasteiger partial charge is 0.493 e. The monoisotopic (exact) mass is 279 g/mol. The number of rotatable bonds is 5. The summed E-state index contributed by atoms with van der Waals surface area (Å²) in [5.41, 5.74) is 6.10. The molecule has 20 heavy (non-hydrogen) atoms. The molecule has 1 amide bonds. The third-order valence-corrected chi connectivity index (χ3v) is 2.87. The molecule has 1 aliphatic heterocycles. The molecule has 108 valence electrons. The van der Waals surface area contributed by atoms with E-state index in [2.05, 4.69) is 15.8 Å². The number of carbonyl (C=O) groups excluding carboxylic acids is 1. The Morgan fingerprint density at radius 2 is 1.90 bits per heavy atom. The molecular formula is C13H17N3O4. The van der Waals surface area contributed by atoms with Crippen LogP contribution in [0.25, 0.3) is 0 Å². The molecule has 0 saturated heterocycles. The Morgan fingerprint density at radius 1 is 1.15 bits per heavy atom. The van der Waals surface area contributed by atoms with Crippen molar-refractivity contribution in [3.63, 3.8) is 0 Å². The number of amidine groups is 1. The van der Waals surface area contributed by atoms with Gasteiger partial charge in [-0.15, -0.1) is 0 Å². The first-order chi connectivity index (χ1) is 9.69. The van der Waals surface area contributed by atoms with Crippen molar-refractivity contribution in [2.45, 2.75) is 6.04 Å². The molecule has 7 nitrogen and oxygen atoms in total. The summed E-state index contributed by atoms with van der Waals surface area (Å²) in [5, 5.41) is 0. The smallest absolute Gasteiger partial charge is 0.265 e. The van der Waals surface area contributed by atoms with E-state index in [0.29, 0.717) is 17.3 Å². The second-order valence-electron chi connectivity index (χ2n) is 4.13. The number of methoxy groups -OCH3 is 3. The number of amides is 1. The van der Waals surface area contributed by atoms with Gasteiger partial charge in [0.05, 0.1) is 20.8 Å². The standard InChI is InChI=1S/C13H17N3O4/c1-18-7-9-13(17)16-15-12(14-9)8-4-5-10(19-2)11(6-8)20-3/h4-6,9H,7H2,1-3H3,(H,14,15)(H,16,17). The van der Waals surface area contributed by atoms with E-state index in [0.717, 1.165) is 5.56 Å². The quantitative estimate of drug-likeness (QED) is 0.799. The van der Waals surface area contributed by atoms with Crippen molar-refractivity contribution in [3.05, 3.63) is 23.8 Å². The zero-order valence-corrected chi connectivity index (χ0v) is 11.6. The second kappa shape index (κ2) is 6.25. The van der Waals surface area contributed by atoms with Crippen molar-refractivity contribution in [1.29, 1.82) is 0 Å². The van der Waals surface area contributed by atoms with Crippen LogP contribution in [0.1, 0.15) is 5.56 Å². The highest BCUT2D eigenvalue weighted by Gasteiger charge is 2.24. The van der Waals surface area contributed by atoms with E-state index in [1.165, 1.54) is 7.11 Å². The number of hydrogen-bond acceptors (Lipinski definition) is 6. The summed E-state index contributed by atoms with van der Waals surface area (Å²) >= 11 is 0. The average molecular weight is 279 g/mol. The fourth-order valence-electron chi connectivity index (χ4n) is 1.85. The van der Waals surface area contributed by atoms with Crippen molar-refractivity contribution in [1.82, 2.24) is 10.9 Å². The van der Waals surface area contributed by atoms with Crippen molar-refractivity contribution >= 4 is 11.7 Å². The normalized spacial score (nSPS) is 17.9. The molecule has 0 saturated carbocycles. The summed E-state index contributed by atoms with van der Waals surface area (Å²) in [5.74, 6) is 1.54. The molecular weight excluding hydrogens is 262 g/mol. The van der Waals surface area contributed by atoms with Gasteiger partial charge in [-0.2, -0.15) is 0 Å². The predicted molar refractivity (Wildman–Crippen MR) is 73.0 cm³/mol. The zero-order valence-electron chi connectivity index (χ0n) is 11.6. The van der Waals surface area contributed by atoms with Crippen LogP contribution in [0.4, 0.5) is 0 Å². The van der Waals surface area contributed by atoms with Crippen LogP contribution < -0.4 is 20.3 Å². The van der Waals surface area contributed by atoms with Crippen LogP contribution in [0, 0.1) is 0 Å². The number of hydrazine groups is 1. The first-order valence-electron chi connectivity index (χ1n) is 6.04. The van der Waals surface area contributed by atoms with E-state index in [-0.39, 0.29) is 12.5 Å². The number of nitrogens with zero attached hydrogens (tertiary/aromatic N) is 1. The Hall–Kier alpha value is -2.28. The van der Waals surface area contributed by atoms with Crippen LogP contribution >= 0.6 is 0 Å². The summed E-state index contributed by atoms with van der Waals surface area (Å²) in [6, 6.07) is 4.82. The summed E-state index contributed by atoms with van der Waals surface area (Å²) < 4.78 is 15.4. The molecule has 0 aliphatic carbocycles. The van der Waals surface area contributed by atoms with E-state index in [9.17, 15) is 4.79 Å². The van der Waals surface area contributed by atoms with Crippen LogP contribution in [0.2, 0.25) is 0 Å². The molecule has 1 aliphatic rings. The van der Waals surface area contributed by atoms with Gasteiger partial charge in [0.1, 0.15) is 5.84 Å².